The molecule has 0 bridgehead atoms. The van der Waals surface area contributed by atoms with Gasteiger partial charge in [0.05, 0.1) is 5.69 Å². The van der Waals surface area contributed by atoms with Gasteiger partial charge in [0.25, 0.3) is 0 Å². The number of ketones is 1. The van der Waals surface area contributed by atoms with Crippen molar-refractivity contribution in [3.63, 3.8) is 0 Å². The van der Waals surface area contributed by atoms with E-state index in [0.717, 1.165) is 6.08 Å². The Morgan fingerprint density at radius 2 is 2.13 bits per heavy atom. The van der Waals surface area contributed by atoms with Gasteiger partial charge in [-0.3, -0.25) is 15.0 Å². The molecule has 8 heteroatoms. The van der Waals surface area contributed by atoms with Crippen LogP contribution in [0.25, 0.3) is 5.76 Å². The predicted molar refractivity (Wildman–Crippen MR) is 79.1 cm³/mol. The number of carbonyl (C=O) groups is 1. The van der Waals surface area contributed by atoms with Crippen molar-refractivity contribution in [2.45, 2.75) is 6.42 Å². The molecule has 0 aliphatic heterocycles. The van der Waals surface area contributed by atoms with Crippen molar-refractivity contribution in [2.24, 2.45) is 0 Å². The summed E-state index contributed by atoms with van der Waals surface area (Å²) in [6, 6.07) is 7.87. The molecule has 0 aliphatic rings. The van der Waals surface area contributed by atoms with Crippen molar-refractivity contribution < 1.29 is 14.3 Å². The lowest BCUT2D eigenvalue weighted by atomic mass is 10.1. The molecule has 3 rings (SSSR count). The average Bonchev–Trinajstić information content (AvgIpc) is 3.21. The molecule has 3 aromatic rings. The lowest BCUT2D eigenvalue weighted by Gasteiger charge is -1.98. The molecule has 1 aromatic carbocycles. The third-order valence-electron chi connectivity index (χ3n) is 3.14. The summed E-state index contributed by atoms with van der Waals surface area (Å²) in [5, 5.41) is 22.4. The van der Waals surface area contributed by atoms with E-state index in [1.165, 1.54) is 18.5 Å². The van der Waals surface area contributed by atoms with Gasteiger partial charge < -0.3 is 5.11 Å². The zero-order valence-corrected chi connectivity index (χ0v) is 11.8. The van der Waals surface area contributed by atoms with Crippen LogP contribution in [0.15, 0.2) is 42.7 Å². The number of carbonyl (C=O) groups excluding carboxylic acids is 1. The van der Waals surface area contributed by atoms with E-state index in [9.17, 15) is 14.3 Å². The average molecular weight is 313 g/mol. The Bertz CT molecular complexity index is 854. The summed E-state index contributed by atoms with van der Waals surface area (Å²) in [5.74, 6) is -1.16. The van der Waals surface area contributed by atoms with E-state index >= 15 is 0 Å². The van der Waals surface area contributed by atoms with E-state index in [0.29, 0.717) is 11.3 Å². The number of nitrogens with zero attached hydrogens (tertiary/aromatic N) is 3. The first-order valence-corrected chi connectivity index (χ1v) is 6.72. The molecule has 0 atom stereocenters. The fourth-order valence-electron chi connectivity index (χ4n) is 2.02. The molecule has 0 radical (unpaired) electrons. The Hall–Kier alpha value is -3.29. The van der Waals surface area contributed by atoms with Gasteiger partial charge in [0.1, 0.15) is 17.8 Å². The number of nitrogens with one attached hydrogen (secondary N) is 2. The minimum Gasteiger partial charge on any atom is -0.504 e. The largest absolute Gasteiger partial charge is 0.504 e. The Morgan fingerprint density at radius 3 is 2.87 bits per heavy atom. The molecule has 7 nitrogen and oxygen atoms in total. The minimum absolute atomic E-state index is 0.0180. The normalized spacial score (nSPS) is 11.6. The van der Waals surface area contributed by atoms with Crippen molar-refractivity contribution >= 4 is 11.5 Å². The van der Waals surface area contributed by atoms with Crippen LogP contribution in [-0.2, 0) is 6.42 Å². The summed E-state index contributed by atoms with van der Waals surface area (Å²) < 4.78 is 13.6. The molecule has 0 aliphatic carbocycles. The zero-order chi connectivity index (χ0) is 16.2. The van der Waals surface area contributed by atoms with Gasteiger partial charge in [0.2, 0.25) is 11.6 Å². The van der Waals surface area contributed by atoms with Gasteiger partial charge in [-0.2, -0.15) is 10.2 Å². The number of aromatic nitrogens is 5. The molecule has 0 saturated carbocycles. The minimum atomic E-state index is -0.486. The maximum absolute atomic E-state index is 13.6. The first kappa shape index (κ1) is 14.6. The number of aliphatic hydroxyl groups is 1. The fraction of sp³-hybridized carbons (Fsp3) is 0.0667. The summed E-state index contributed by atoms with van der Waals surface area (Å²) >= 11 is 0. The highest BCUT2D eigenvalue weighted by atomic mass is 19.1. The summed E-state index contributed by atoms with van der Waals surface area (Å²) in [6.45, 7) is 0. The maximum Gasteiger partial charge on any atom is 0.215 e. The van der Waals surface area contributed by atoms with E-state index in [1.54, 1.807) is 18.2 Å². The molecular weight excluding hydrogens is 301 g/mol. The Balaban J connectivity index is 1.75. The molecular formula is C15H12FN5O2. The van der Waals surface area contributed by atoms with Crippen LogP contribution >= 0.6 is 0 Å². The highest BCUT2D eigenvalue weighted by molar-refractivity contribution is 6.06. The van der Waals surface area contributed by atoms with Crippen LogP contribution in [0.3, 0.4) is 0 Å². The van der Waals surface area contributed by atoms with Gasteiger partial charge in [-0.05, 0) is 17.7 Å². The van der Waals surface area contributed by atoms with E-state index in [1.807, 2.05) is 0 Å². The molecule has 0 saturated heterocycles. The third kappa shape index (κ3) is 3.31. The lowest BCUT2D eigenvalue weighted by Crippen LogP contribution is -1.98. The monoisotopic (exact) mass is 313 g/mol. The van der Waals surface area contributed by atoms with Crippen LogP contribution in [0.1, 0.15) is 27.6 Å². The van der Waals surface area contributed by atoms with E-state index in [-0.39, 0.29) is 29.5 Å². The number of H-pyrrole nitrogens is 2. The summed E-state index contributed by atoms with van der Waals surface area (Å²) in [7, 11) is 0. The predicted octanol–water partition coefficient (Wildman–Crippen LogP) is 2.04. The van der Waals surface area contributed by atoms with E-state index < -0.39 is 5.78 Å². The van der Waals surface area contributed by atoms with Crippen molar-refractivity contribution in [2.75, 3.05) is 0 Å². The van der Waals surface area contributed by atoms with Crippen LogP contribution in [0.4, 0.5) is 4.39 Å². The highest BCUT2D eigenvalue weighted by Gasteiger charge is 2.12. The van der Waals surface area contributed by atoms with Crippen LogP contribution in [-0.4, -0.2) is 36.3 Å². The Labute approximate surface area is 129 Å². The molecule has 2 heterocycles. The van der Waals surface area contributed by atoms with Gasteiger partial charge in [-0.25, -0.2) is 9.37 Å². The summed E-state index contributed by atoms with van der Waals surface area (Å²) in [6.07, 6.45) is 2.53. The SMILES string of the molecule is O=C(C=C(O)c1nc[nH]n1)c1cc(Cc2ccccc2F)n[nH]1. The molecule has 116 valence electrons. The quantitative estimate of drug-likeness (QED) is 0.379. The Morgan fingerprint density at radius 1 is 1.30 bits per heavy atom. The number of halogens is 1. The first-order valence-electron chi connectivity index (χ1n) is 6.72. The molecule has 0 spiro atoms. The number of benzene rings is 1. The van der Waals surface area contributed by atoms with Gasteiger partial charge in [-0.1, -0.05) is 18.2 Å². The van der Waals surface area contributed by atoms with Crippen molar-refractivity contribution in [1.82, 2.24) is 25.4 Å². The molecule has 0 amide bonds. The number of hydrogen-bond donors (Lipinski definition) is 3. The number of hydrogen-bond acceptors (Lipinski definition) is 5. The summed E-state index contributed by atoms with van der Waals surface area (Å²) in [5.41, 5.74) is 1.18. The van der Waals surface area contributed by atoms with Gasteiger partial charge >= 0.3 is 0 Å². The standard InChI is InChI=1S/C15H12FN5O2/c16-11-4-2-1-3-9(11)5-10-6-12(20-19-10)13(22)7-14(23)15-17-8-18-21-15/h1-4,6-8,23H,5H2,(H,19,20)(H,17,18,21). The van der Waals surface area contributed by atoms with Crippen molar-refractivity contribution in [1.29, 1.82) is 0 Å². The van der Waals surface area contributed by atoms with Crippen LogP contribution in [0.5, 0.6) is 0 Å². The van der Waals surface area contributed by atoms with Crippen molar-refractivity contribution in [3.8, 4) is 0 Å². The second-order valence-electron chi connectivity index (χ2n) is 4.76. The lowest BCUT2D eigenvalue weighted by molar-refractivity contribution is 0.104. The maximum atomic E-state index is 13.6. The number of rotatable bonds is 5. The molecule has 0 unspecified atom stereocenters. The van der Waals surface area contributed by atoms with E-state index in [4.69, 9.17) is 0 Å². The fourth-order valence-corrected chi connectivity index (χ4v) is 2.02. The molecule has 0 fully saturated rings. The molecule has 23 heavy (non-hydrogen) atoms. The first-order chi connectivity index (χ1) is 11.1. The van der Waals surface area contributed by atoms with E-state index in [2.05, 4.69) is 25.4 Å². The zero-order valence-electron chi connectivity index (χ0n) is 11.8. The van der Waals surface area contributed by atoms with Gasteiger partial charge in [0.15, 0.2) is 5.76 Å². The highest BCUT2D eigenvalue weighted by Crippen LogP contribution is 2.13. The topological polar surface area (TPSA) is 108 Å². The Kier molecular flexibility index (Phi) is 3.96. The number of aromatic amines is 2. The number of allylic oxidation sites excluding steroid dienone is 1. The number of aliphatic hydroxyl groups excluding tert-OH is 1. The molecule has 2 aromatic heterocycles. The summed E-state index contributed by atoms with van der Waals surface area (Å²) in [4.78, 5) is 15.8. The van der Waals surface area contributed by atoms with Crippen LogP contribution < -0.4 is 0 Å². The van der Waals surface area contributed by atoms with Gasteiger partial charge in [-0.15, -0.1) is 0 Å². The molecule has 3 N–H and O–H groups in total. The second-order valence-corrected chi connectivity index (χ2v) is 4.76. The smallest absolute Gasteiger partial charge is 0.215 e. The van der Waals surface area contributed by atoms with Crippen molar-refractivity contribution in [3.05, 3.63) is 71.3 Å². The van der Waals surface area contributed by atoms with Crippen LogP contribution in [0, 0.1) is 5.82 Å². The van der Waals surface area contributed by atoms with Crippen LogP contribution in [0.2, 0.25) is 0 Å². The third-order valence-corrected chi connectivity index (χ3v) is 3.14. The van der Waals surface area contributed by atoms with Gasteiger partial charge in [0, 0.05) is 12.5 Å². The second kappa shape index (κ2) is 6.22.